The number of aliphatic hydroxyl groups excluding tert-OH is 1. The highest BCUT2D eigenvalue weighted by Gasteiger charge is 2.48. The van der Waals surface area contributed by atoms with Crippen molar-refractivity contribution in [1.82, 2.24) is 0 Å². The zero-order valence-electron chi connectivity index (χ0n) is 16.6. The average molecular weight is 421 g/mol. The van der Waals surface area contributed by atoms with Gasteiger partial charge in [-0.25, -0.2) is 8.78 Å². The largest absolute Gasteiger partial charge is 0.508 e. The average Bonchev–Trinajstić information content (AvgIpc) is 2.78. The van der Waals surface area contributed by atoms with E-state index in [0.717, 1.165) is 5.56 Å². The third-order valence-electron chi connectivity index (χ3n) is 5.56. The van der Waals surface area contributed by atoms with Gasteiger partial charge in [-0.05, 0) is 71.7 Å². The van der Waals surface area contributed by atoms with Crippen LogP contribution in [0.1, 0.15) is 23.6 Å². The molecule has 3 aromatic carbocycles. The van der Waals surface area contributed by atoms with Gasteiger partial charge in [0.2, 0.25) is 5.91 Å². The number of amides is 1. The number of benzene rings is 3. The predicted molar refractivity (Wildman–Crippen MR) is 114 cm³/mol. The van der Waals surface area contributed by atoms with Crippen LogP contribution in [0.4, 0.5) is 14.5 Å². The quantitative estimate of drug-likeness (QED) is 0.560. The first-order chi connectivity index (χ1) is 15.0. The van der Waals surface area contributed by atoms with Crippen LogP contribution in [0.3, 0.4) is 0 Å². The molecule has 31 heavy (non-hydrogen) atoms. The van der Waals surface area contributed by atoms with Gasteiger partial charge in [-0.1, -0.05) is 30.3 Å². The molecule has 1 heterocycles. The van der Waals surface area contributed by atoms with E-state index in [9.17, 15) is 23.8 Å². The minimum absolute atomic E-state index is 0.114. The van der Waals surface area contributed by atoms with Gasteiger partial charge in [0, 0.05) is 5.69 Å². The number of phenols is 1. The zero-order chi connectivity index (χ0) is 22.0. The number of anilines is 1. The molecule has 3 aromatic rings. The number of hydrogen-bond donors (Lipinski definition) is 2. The molecule has 158 valence electrons. The van der Waals surface area contributed by atoms with E-state index in [-0.39, 0.29) is 35.9 Å². The van der Waals surface area contributed by atoms with Crippen LogP contribution in [0.25, 0.3) is 5.57 Å². The lowest BCUT2D eigenvalue weighted by Gasteiger charge is -2.47. The molecular weight excluding hydrogens is 400 g/mol. The van der Waals surface area contributed by atoms with E-state index in [1.165, 1.54) is 24.3 Å². The van der Waals surface area contributed by atoms with Crippen molar-refractivity contribution in [2.24, 2.45) is 5.92 Å². The number of phenolic OH excluding ortho intramolecular Hbond substituents is 1. The van der Waals surface area contributed by atoms with Crippen LogP contribution in [-0.2, 0) is 4.79 Å². The fourth-order valence-electron chi connectivity index (χ4n) is 3.93. The number of hydrogen-bond acceptors (Lipinski definition) is 3. The van der Waals surface area contributed by atoms with Gasteiger partial charge < -0.3 is 15.1 Å². The normalized spacial score (nSPS) is 18.7. The summed E-state index contributed by atoms with van der Waals surface area (Å²) in [6.07, 6.45) is 2.17. The second-order valence-corrected chi connectivity index (χ2v) is 7.46. The van der Waals surface area contributed by atoms with Crippen LogP contribution < -0.4 is 4.90 Å². The Balaban J connectivity index is 1.63. The van der Waals surface area contributed by atoms with Crippen LogP contribution in [0.15, 0.2) is 78.9 Å². The molecule has 1 amide bonds. The second-order valence-electron chi connectivity index (χ2n) is 7.46. The molecule has 0 aliphatic carbocycles. The Morgan fingerprint density at radius 1 is 0.903 bits per heavy atom. The monoisotopic (exact) mass is 421 g/mol. The van der Waals surface area contributed by atoms with Crippen LogP contribution >= 0.6 is 0 Å². The van der Waals surface area contributed by atoms with Crippen molar-refractivity contribution in [2.45, 2.75) is 12.5 Å². The molecular formula is C25H21F2NO3. The Morgan fingerprint density at radius 2 is 1.48 bits per heavy atom. The SMILES string of the molecule is O=C1[C@H](C/C=C(/CO)c2ccc(F)cc2)[C@@H](c2ccc(O)cc2)N1c1ccc(F)cc1. The fraction of sp³-hybridized carbons (Fsp3) is 0.160. The Bertz CT molecular complexity index is 1090. The molecule has 0 radical (unpaired) electrons. The van der Waals surface area contributed by atoms with Crippen molar-refractivity contribution in [3.63, 3.8) is 0 Å². The van der Waals surface area contributed by atoms with Gasteiger partial charge in [-0.15, -0.1) is 0 Å². The molecule has 0 saturated carbocycles. The minimum atomic E-state index is -0.392. The predicted octanol–water partition coefficient (Wildman–Crippen LogP) is 4.84. The number of β-lactam (4-membered cyclic amide) rings is 1. The van der Waals surface area contributed by atoms with E-state index in [0.29, 0.717) is 23.2 Å². The lowest BCUT2D eigenvalue weighted by molar-refractivity contribution is -0.130. The molecule has 1 saturated heterocycles. The summed E-state index contributed by atoms with van der Waals surface area (Å²) in [5, 5.41) is 19.4. The third-order valence-corrected chi connectivity index (χ3v) is 5.56. The van der Waals surface area contributed by atoms with Gasteiger partial charge >= 0.3 is 0 Å². The summed E-state index contributed by atoms with van der Waals surface area (Å²) >= 11 is 0. The molecule has 2 N–H and O–H groups in total. The Kier molecular flexibility index (Phi) is 5.82. The Labute approximate surface area is 178 Å². The second kappa shape index (κ2) is 8.70. The summed E-state index contributed by atoms with van der Waals surface area (Å²) in [4.78, 5) is 14.6. The zero-order valence-corrected chi connectivity index (χ0v) is 16.6. The van der Waals surface area contributed by atoms with Crippen molar-refractivity contribution in [2.75, 3.05) is 11.5 Å². The molecule has 1 fully saturated rings. The smallest absolute Gasteiger partial charge is 0.233 e. The molecule has 1 aliphatic heterocycles. The van der Waals surface area contributed by atoms with Gasteiger partial charge in [0.15, 0.2) is 0 Å². The molecule has 0 bridgehead atoms. The molecule has 4 nitrogen and oxygen atoms in total. The van der Waals surface area contributed by atoms with E-state index in [2.05, 4.69) is 0 Å². The number of aliphatic hydroxyl groups is 1. The van der Waals surface area contributed by atoms with Crippen molar-refractivity contribution in [3.8, 4) is 5.75 Å². The summed E-state index contributed by atoms with van der Waals surface area (Å²) in [7, 11) is 0. The topological polar surface area (TPSA) is 60.8 Å². The molecule has 2 atom stereocenters. The lowest BCUT2D eigenvalue weighted by atomic mass is 9.79. The van der Waals surface area contributed by atoms with Gasteiger partial charge in [0.25, 0.3) is 0 Å². The third kappa shape index (κ3) is 4.20. The van der Waals surface area contributed by atoms with Crippen LogP contribution in [0.2, 0.25) is 0 Å². The number of aromatic hydroxyl groups is 1. The van der Waals surface area contributed by atoms with Gasteiger partial charge in [-0.3, -0.25) is 4.79 Å². The molecule has 0 unspecified atom stereocenters. The van der Waals surface area contributed by atoms with Crippen LogP contribution in [0.5, 0.6) is 5.75 Å². The number of allylic oxidation sites excluding steroid dienone is 1. The van der Waals surface area contributed by atoms with Gasteiger partial charge in [-0.2, -0.15) is 0 Å². The van der Waals surface area contributed by atoms with E-state index in [1.807, 2.05) is 0 Å². The molecule has 4 rings (SSSR count). The maximum absolute atomic E-state index is 13.4. The maximum atomic E-state index is 13.4. The number of carbonyl (C=O) groups excluding carboxylic acids is 1. The van der Waals surface area contributed by atoms with E-state index in [4.69, 9.17) is 0 Å². The standard InChI is InChI=1S/C25H21F2NO3/c26-19-6-1-16(2-7-19)18(15-29)5-14-23-24(17-3-12-22(30)13-4-17)28(25(23)31)21-10-8-20(27)9-11-21/h1-13,23-24,29-30H,14-15H2/b18-5-/t23-,24-/m1/s1. The maximum Gasteiger partial charge on any atom is 0.233 e. The lowest BCUT2D eigenvalue weighted by Crippen LogP contribution is -2.55. The summed E-state index contributed by atoms with van der Waals surface area (Å²) in [6.45, 7) is -0.238. The van der Waals surface area contributed by atoms with Crippen molar-refractivity contribution < 1.29 is 23.8 Å². The summed E-state index contributed by atoms with van der Waals surface area (Å²) < 4.78 is 26.6. The Hall–Kier alpha value is -3.51. The van der Waals surface area contributed by atoms with E-state index >= 15 is 0 Å². The number of halogens is 2. The molecule has 0 spiro atoms. The summed E-state index contributed by atoms with van der Waals surface area (Å²) in [6, 6.07) is 17.9. The van der Waals surface area contributed by atoms with Crippen molar-refractivity contribution >= 4 is 17.2 Å². The highest BCUT2D eigenvalue weighted by atomic mass is 19.1. The molecule has 0 aromatic heterocycles. The van der Waals surface area contributed by atoms with Crippen LogP contribution in [-0.4, -0.2) is 22.7 Å². The van der Waals surface area contributed by atoms with Crippen molar-refractivity contribution in [3.05, 3.63) is 102 Å². The fourth-order valence-corrected chi connectivity index (χ4v) is 3.93. The first-order valence-electron chi connectivity index (χ1n) is 9.91. The van der Waals surface area contributed by atoms with Gasteiger partial charge in [0.1, 0.15) is 17.4 Å². The number of nitrogens with zero attached hydrogens (tertiary/aromatic N) is 1. The molecule has 1 aliphatic rings. The number of carbonyl (C=O) groups is 1. The first-order valence-corrected chi connectivity index (χ1v) is 9.91. The Morgan fingerprint density at radius 3 is 2.06 bits per heavy atom. The minimum Gasteiger partial charge on any atom is -0.508 e. The highest BCUT2D eigenvalue weighted by molar-refractivity contribution is 6.03. The summed E-state index contributed by atoms with van der Waals surface area (Å²) in [5.74, 6) is -1.13. The van der Waals surface area contributed by atoms with E-state index < -0.39 is 5.92 Å². The summed E-state index contributed by atoms with van der Waals surface area (Å²) in [5.41, 5.74) is 2.72. The highest BCUT2D eigenvalue weighted by Crippen LogP contribution is 2.45. The van der Waals surface area contributed by atoms with Gasteiger partial charge in [0.05, 0.1) is 18.6 Å². The van der Waals surface area contributed by atoms with Crippen molar-refractivity contribution in [1.29, 1.82) is 0 Å². The number of rotatable bonds is 6. The molecule has 6 heteroatoms. The first kappa shape index (κ1) is 20.8. The van der Waals surface area contributed by atoms with E-state index in [1.54, 1.807) is 59.5 Å². The van der Waals surface area contributed by atoms with Crippen LogP contribution in [0, 0.1) is 17.6 Å².